The van der Waals surface area contributed by atoms with Gasteiger partial charge in [-0.25, -0.2) is 0 Å². The summed E-state index contributed by atoms with van der Waals surface area (Å²) < 4.78 is 9.01. The summed E-state index contributed by atoms with van der Waals surface area (Å²) in [5.74, 6) is 0. The van der Waals surface area contributed by atoms with Gasteiger partial charge in [-0.2, -0.15) is 0 Å². The highest BCUT2D eigenvalue weighted by Gasteiger charge is 2.19. The van der Waals surface area contributed by atoms with Gasteiger partial charge in [0.15, 0.2) is 0 Å². The Morgan fingerprint density at radius 3 is 2.12 bits per heavy atom. The first-order valence-electron chi connectivity index (χ1n) is 11.0. The molecule has 2 aromatic heterocycles. The topological polar surface area (TPSA) is 18.1 Å². The summed E-state index contributed by atoms with van der Waals surface area (Å²) in [6.45, 7) is 0. The van der Waals surface area contributed by atoms with Crippen LogP contribution < -0.4 is 0 Å². The highest BCUT2D eigenvalue weighted by molar-refractivity contribution is 6.30. The van der Waals surface area contributed by atoms with Crippen LogP contribution in [-0.4, -0.2) is 4.57 Å². The molecule has 156 valence electrons. The number of fused-ring (bicyclic) bond motifs is 7. The summed E-state index contributed by atoms with van der Waals surface area (Å²) >= 11 is 6.13. The van der Waals surface area contributed by atoms with E-state index in [9.17, 15) is 0 Å². The molecule has 33 heavy (non-hydrogen) atoms. The molecule has 0 spiro atoms. The van der Waals surface area contributed by atoms with Crippen LogP contribution in [0.25, 0.3) is 60.6 Å². The van der Waals surface area contributed by atoms with E-state index in [1.54, 1.807) is 0 Å². The first-order valence-corrected chi connectivity index (χ1v) is 11.4. The van der Waals surface area contributed by atoms with Gasteiger partial charge in [-0.1, -0.05) is 78.3 Å². The third kappa shape index (κ3) is 2.68. The summed E-state index contributed by atoms with van der Waals surface area (Å²) in [5, 5.41) is 5.31. The maximum Gasteiger partial charge on any atom is 0.145 e. The van der Waals surface area contributed by atoms with Crippen LogP contribution in [0.2, 0.25) is 5.02 Å². The fourth-order valence-electron chi connectivity index (χ4n) is 5.02. The van der Waals surface area contributed by atoms with Crippen LogP contribution in [0.1, 0.15) is 0 Å². The molecule has 0 aliphatic heterocycles. The Labute approximate surface area is 195 Å². The number of hydrogen-bond acceptors (Lipinski definition) is 1. The number of aromatic nitrogens is 1. The van der Waals surface area contributed by atoms with E-state index in [0.29, 0.717) is 0 Å². The molecule has 3 heteroatoms. The molecule has 7 aromatic rings. The van der Waals surface area contributed by atoms with E-state index in [1.165, 1.54) is 10.9 Å². The monoisotopic (exact) mass is 443 g/mol. The molecular formula is C30H18ClNO. The standard InChI is InChI=1S/C30H18ClNO/c31-20-15-13-19(14-16-20)22-10-6-11-23-24-17-18-27-28(30(24)33-29(22)23)25-9-4-5-12-26(25)32(27)21-7-2-1-3-8-21/h1-18H. The van der Waals surface area contributed by atoms with Crippen LogP contribution in [0.3, 0.4) is 0 Å². The van der Waals surface area contributed by atoms with Gasteiger partial charge in [0, 0.05) is 32.4 Å². The van der Waals surface area contributed by atoms with E-state index in [1.807, 2.05) is 30.3 Å². The molecule has 0 saturated heterocycles. The summed E-state index contributed by atoms with van der Waals surface area (Å²) in [5.41, 5.74) is 7.44. The number of rotatable bonds is 2. The van der Waals surface area contributed by atoms with Crippen molar-refractivity contribution in [2.45, 2.75) is 0 Å². The fourth-order valence-corrected chi connectivity index (χ4v) is 5.15. The normalized spacial score (nSPS) is 11.8. The van der Waals surface area contributed by atoms with E-state index >= 15 is 0 Å². The van der Waals surface area contributed by atoms with Crippen molar-refractivity contribution in [3.05, 3.63) is 114 Å². The van der Waals surface area contributed by atoms with Crippen LogP contribution in [0, 0.1) is 0 Å². The zero-order valence-electron chi connectivity index (χ0n) is 17.6. The van der Waals surface area contributed by atoms with Crippen molar-refractivity contribution in [3.63, 3.8) is 0 Å². The lowest BCUT2D eigenvalue weighted by molar-refractivity contribution is 0.674. The van der Waals surface area contributed by atoms with Gasteiger partial charge >= 0.3 is 0 Å². The quantitative estimate of drug-likeness (QED) is 0.260. The molecule has 0 bridgehead atoms. The molecule has 5 aromatic carbocycles. The minimum atomic E-state index is 0.728. The molecule has 0 fully saturated rings. The van der Waals surface area contributed by atoms with Gasteiger partial charge in [0.2, 0.25) is 0 Å². The smallest absolute Gasteiger partial charge is 0.145 e. The third-order valence-corrected chi connectivity index (χ3v) is 6.72. The van der Waals surface area contributed by atoms with Gasteiger partial charge in [0.25, 0.3) is 0 Å². The molecule has 0 radical (unpaired) electrons. The van der Waals surface area contributed by atoms with Gasteiger partial charge in [-0.3, -0.25) is 0 Å². The van der Waals surface area contributed by atoms with Crippen LogP contribution in [0.5, 0.6) is 0 Å². The van der Waals surface area contributed by atoms with E-state index < -0.39 is 0 Å². The number of halogens is 1. The Hall–Kier alpha value is -4.01. The molecule has 0 aliphatic rings. The lowest BCUT2D eigenvalue weighted by atomic mass is 10.0. The molecule has 2 heterocycles. The first kappa shape index (κ1) is 18.6. The second-order valence-corrected chi connectivity index (χ2v) is 8.75. The van der Waals surface area contributed by atoms with E-state index in [2.05, 4.69) is 83.4 Å². The van der Waals surface area contributed by atoms with Crippen molar-refractivity contribution in [2.24, 2.45) is 0 Å². The number of furan rings is 1. The zero-order chi connectivity index (χ0) is 21.9. The maximum atomic E-state index is 6.69. The predicted molar refractivity (Wildman–Crippen MR) is 139 cm³/mol. The molecule has 0 atom stereocenters. The second-order valence-electron chi connectivity index (χ2n) is 8.32. The first-order chi connectivity index (χ1) is 16.3. The Kier molecular flexibility index (Phi) is 3.93. The highest BCUT2D eigenvalue weighted by Crippen LogP contribution is 2.42. The minimum Gasteiger partial charge on any atom is -0.455 e. The maximum absolute atomic E-state index is 6.69. The van der Waals surface area contributed by atoms with Crippen LogP contribution in [-0.2, 0) is 0 Å². The lowest BCUT2D eigenvalue weighted by Gasteiger charge is -2.07. The van der Waals surface area contributed by atoms with Crippen molar-refractivity contribution >= 4 is 55.3 Å². The SMILES string of the molecule is Clc1ccc(-c2cccc3c2oc2c3ccc3c2c2ccccc2n3-c2ccccc2)cc1. The van der Waals surface area contributed by atoms with Gasteiger partial charge in [-0.15, -0.1) is 0 Å². The van der Waals surface area contributed by atoms with E-state index in [0.717, 1.165) is 54.7 Å². The third-order valence-electron chi connectivity index (χ3n) is 6.47. The molecule has 0 N–H and O–H groups in total. The Morgan fingerprint density at radius 1 is 0.545 bits per heavy atom. The predicted octanol–water partition coefficient (Wildman–Crippen LogP) is 9.00. The molecule has 0 aliphatic carbocycles. The molecule has 7 rings (SSSR count). The summed E-state index contributed by atoms with van der Waals surface area (Å²) in [4.78, 5) is 0. The molecule has 0 amide bonds. The lowest BCUT2D eigenvalue weighted by Crippen LogP contribution is -1.92. The molecule has 0 unspecified atom stereocenters. The molecular weight excluding hydrogens is 426 g/mol. The number of benzene rings is 5. The van der Waals surface area contributed by atoms with Crippen LogP contribution >= 0.6 is 11.6 Å². The summed E-state index contributed by atoms with van der Waals surface area (Å²) in [6.07, 6.45) is 0. The zero-order valence-corrected chi connectivity index (χ0v) is 18.4. The molecule has 0 saturated carbocycles. The van der Waals surface area contributed by atoms with Crippen molar-refractivity contribution in [1.82, 2.24) is 4.57 Å². The van der Waals surface area contributed by atoms with Gasteiger partial charge in [0.05, 0.1) is 16.4 Å². The van der Waals surface area contributed by atoms with E-state index in [-0.39, 0.29) is 0 Å². The van der Waals surface area contributed by atoms with Gasteiger partial charge in [0.1, 0.15) is 11.2 Å². The van der Waals surface area contributed by atoms with Crippen molar-refractivity contribution < 1.29 is 4.42 Å². The van der Waals surface area contributed by atoms with Crippen LogP contribution in [0.15, 0.2) is 114 Å². The van der Waals surface area contributed by atoms with Crippen molar-refractivity contribution in [1.29, 1.82) is 0 Å². The van der Waals surface area contributed by atoms with Gasteiger partial charge in [-0.05, 0) is 48.0 Å². The number of hydrogen-bond donors (Lipinski definition) is 0. The number of para-hydroxylation sites is 3. The van der Waals surface area contributed by atoms with Crippen molar-refractivity contribution in [3.8, 4) is 16.8 Å². The minimum absolute atomic E-state index is 0.728. The average Bonchev–Trinajstić information content (AvgIpc) is 3.41. The number of nitrogens with zero attached hydrogens (tertiary/aromatic N) is 1. The van der Waals surface area contributed by atoms with E-state index in [4.69, 9.17) is 16.0 Å². The Morgan fingerprint density at radius 2 is 1.27 bits per heavy atom. The largest absolute Gasteiger partial charge is 0.455 e. The van der Waals surface area contributed by atoms with Crippen molar-refractivity contribution in [2.75, 3.05) is 0 Å². The average molecular weight is 444 g/mol. The highest BCUT2D eigenvalue weighted by atomic mass is 35.5. The summed E-state index contributed by atoms with van der Waals surface area (Å²) in [6, 6.07) is 37.7. The molecule has 2 nitrogen and oxygen atoms in total. The Balaban J connectivity index is 1.63. The second kappa shape index (κ2) is 6.99. The van der Waals surface area contributed by atoms with Gasteiger partial charge < -0.3 is 8.98 Å². The Bertz CT molecular complexity index is 1810. The van der Waals surface area contributed by atoms with Crippen LogP contribution in [0.4, 0.5) is 0 Å². The summed E-state index contributed by atoms with van der Waals surface area (Å²) in [7, 11) is 0. The fraction of sp³-hybridized carbons (Fsp3) is 0.